The summed E-state index contributed by atoms with van der Waals surface area (Å²) in [4.78, 5) is 49.8. The highest BCUT2D eigenvalue weighted by Crippen LogP contribution is 2.32. The van der Waals surface area contributed by atoms with Crippen molar-refractivity contribution in [2.75, 3.05) is 7.05 Å². The second kappa shape index (κ2) is 14.0. The Bertz CT molecular complexity index is 1610. The molecule has 4 rings (SSSR count). The molecule has 0 unspecified atom stereocenters. The average Bonchev–Trinajstić information content (AvgIpc) is 3.70. The first-order chi connectivity index (χ1) is 20.2. The summed E-state index contributed by atoms with van der Waals surface area (Å²) in [6, 6.07) is 17.2. The molecule has 42 heavy (non-hydrogen) atoms. The zero-order chi connectivity index (χ0) is 30.1. The standard InChI is InChI=1S/C31H32N6O4S/c1-20(22-15-23(25-18-33-37(3)19-25)17-24(16-22)27-9-6-14-42-27)34-31(41)26-8-5-4-7-21(26)10-11-29(39)35-36-30(40)13-12-28(38)32-2/h4-9,12-20H,10-11H2,1-3H3,(H,32,38)(H,34,41)(H,35,39)(H,36,40)/b13-12+/t20-/m1/s1. The number of nitrogens with one attached hydrogen (secondary N) is 4. The minimum absolute atomic E-state index is 0.0383. The van der Waals surface area contributed by atoms with Crippen molar-refractivity contribution in [1.82, 2.24) is 31.3 Å². The fraction of sp³-hybridized carbons (Fsp3) is 0.194. The summed E-state index contributed by atoms with van der Waals surface area (Å²) in [6.45, 7) is 1.94. The number of thiophene rings is 1. The number of hydrogen-bond acceptors (Lipinski definition) is 6. The van der Waals surface area contributed by atoms with E-state index in [1.54, 1.807) is 34.2 Å². The van der Waals surface area contributed by atoms with Crippen LogP contribution in [0.25, 0.3) is 21.6 Å². The highest BCUT2D eigenvalue weighted by Gasteiger charge is 2.17. The van der Waals surface area contributed by atoms with Crippen molar-refractivity contribution in [2.45, 2.75) is 25.8 Å². The largest absolute Gasteiger partial charge is 0.356 e. The van der Waals surface area contributed by atoms with E-state index in [9.17, 15) is 19.2 Å². The van der Waals surface area contributed by atoms with Crippen molar-refractivity contribution in [1.29, 1.82) is 0 Å². The van der Waals surface area contributed by atoms with E-state index in [2.05, 4.69) is 50.8 Å². The topological polar surface area (TPSA) is 134 Å². The number of likely N-dealkylation sites (N-methyl/N-ethyl adjacent to an activating group) is 1. The molecule has 2 aromatic heterocycles. The molecule has 1 atom stereocenters. The van der Waals surface area contributed by atoms with E-state index < -0.39 is 17.7 Å². The van der Waals surface area contributed by atoms with E-state index in [-0.39, 0.29) is 24.8 Å². The van der Waals surface area contributed by atoms with Gasteiger partial charge in [-0.15, -0.1) is 11.3 Å². The van der Waals surface area contributed by atoms with Gasteiger partial charge in [0.1, 0.15) is 0 Å². The first kappa shape index (κ1) is 29.9. The van der Waals surface area contributed by atoms with Crippen molar-refractivity contribution in [3.8, 4) is 21.6 Å². The van der Waals surface area contributed by atoms with Crippen LogP contribution >= 0.6 is 11.3 Å². The number of carbonyl (C=O) groups excluding carboxylic acids is 4. The Morgan fingerprint density at radius 2 is 1.71 bits per heavy atom. The molecule has 0 aliphatic carbocycles. The Balaban J connectivity index is 1.43. The number of rotatable bonds is 10. The summed E-state index contributed by atoms with van der Waals surface area (Å²) in [5, 5.41) is 11.8. The smallest absolute Gasteiger partial charge is 0.262 e. The number of carbonyl (C=O) groups is 4. The van der Waals surface area contributed by atoms with Crippen molar-refractivity contribution < 1.29 is 19.2 Å². The molecule has 0 radical (unpaired) electrons. The van der Waals surface area contributed by atoms with Gasteiger partial charge in [-0.25, -0.2) is 0 Å². The zero-order valence-corrected chi connectivity index (χ0v) is 24.3. The van der Waals surface area contributed by atoms with E-state index in [4.69, 9.17) is 0 Å². The van der Waals surface area contributed by atoms with Gasteiger partial charge in [0.15, 0.2) is 0 Å². The Morgan fingerprint density at radius 3 is 2.43 bits per heavy atom. The van der Waals surface area contributed by atoms with Gasteiger partial charge >= 0.3 is 0 Å². The van der Waals surface area contributed by atoms with Crippen LogP contribution in [-0.2, 0) is 27.9 Å². The van der Waals surface area contributed by atoms with Crippen LogP contribution in [0, 0.1) is 0 Å². The van der Waals surface area contributed by atoms with Crippen LogP contribution in [-0.4, -0.2) is 40.5 Å². The molecule has 11 heteroatoms. The molecule has 2 aromatic carbocycles. The number of nitrogens with zero attached hydrogens (tertiary/aromatic N) is 2. The van der Waals surface area contributed by atoms with E-state index in [0.29, 0.717) is 11.1 Å². The van der Waals surface area contributed by atoms with Gasteiger partial charge in [0.05, 0.1) is 12.2 Å². The molecule has 0 fully saturated rings. The summed E-state index contributed by atoms with van der Waals surface area (Å²) >= 11 is 1.65. The summed E-state index contributed by atoms with van der Waals surface area (Å²) in [7, 11) is 3.31. The average molecular weight is 585 g/mol. The lowest BCUT2D eigenvalue weighted by atomic mass is 9.97. The predicted octanol–water partition coefficient (Wildman–Crippen LogP) is 3.69. The van der Waals surface area contributed by atoms with Crippen molar-refractivity contribution in [3.63, 3.8) is 0 Å². The second-order valence-corrected chi connectivity index (χ2v) is 10.5. The lowest BCUT2D eigenvalue weighted by Gasteiger charge is -2.18. The van der Waals surface area contributed by atoms with Gasteiger partial charge < -0.3 is 10.6 Å². The summed E-state index contributed by atoms with van der Waals surface area (Å²) in [5.74, 6) is -1.77. The fourth-order valence-corrected chi connectivity index (χ4v) is 4.97. The molecule has 0 bridgehead atoms. The van der Waals surface area contributed by atoms with Crippen molar-refractivity contribution in [2.24, 2.45) is 7.05 Å². The lowest BCUT2D eigenvalue weighted by molar-refractivity contribution is -0.126. The lowest BCUT2D eigenvalue weighted by Crippen LogP contribution is -2.41. The van der Waals surface area contributed by atoms with Gasteiger partial charge in [0.25, 0.3) is 11.8 Å². The highest BCUT2D eigenvalue weighted by molar-refractivity contribution is 7.13. The van der Waals surface area contributed by atoms with Gasteiger partial charge in [0, 0.05) is 54.9 Å². The molecule has 4 aromatic rings. The zero-order valence-electron chi connectivity index (χ0n) is 23.5. The van der Waals surface area contributed by atoms with Crippen LogP contribution in [0.4, 0.5) is 0 Å². The normalized spacial score (nSPS) is 11.6. The fourth-order valence-electron chi connectivity index (χ4n) is 4.26. The molecule has 10 nitrogen and oxygen atoms in total. The molecule has 0 spiro atoms. The van der Waals surface area contributed by atoms with E-state index in [1.807, 2.05) is 43.9 Å². The van der Waals surface area contributed by atoms with Crippen LogP contribution in [0.15, 0.2) is 84.5 Å². The third kappa shape index (κ3) is 8.01. The number of amides is 4. The Morgan fingerprint density at radius 1 is 0.952 bits per heavy atom. The Labute approximate surface area is 247 Å². The number of hydrogen-bond donors (Lipinski definition) is 4. The third-order valence-corrected chi connectivity index (χ3v) is 7.41. The van der Waals surface area contributed by atoms with Gasteiger partial charge in [-0.1, -0.05) is 24.3 Å². The maximum Gasteiger partial charge on any atom is 0.262 e. The molecule has 4 N–H and O–H groups in total. The maximum absolute atomic E-state index is 13.4. The number of aryl methyl sites for hydroxylation is 2. The number of aromatic nitrogens is 2. The monoisotopic (exact) mass is 584 g/mol. The molecule has 216 valence electrons. The summed E-state index contributed by atoms with van der Waals surface area (Å²) in [6.07, 6.45) is 6.16. The molecular weight excluding hydrogens is 552 g/mol. The SMILES string of the molecule is CNC(=O)/C=C/C(=O)NNC(=O)CCc1ccccc1C(=O)N[C@H](C)c1cc(-c2cnn(C)c2)cc(-c2cccs2)c1. The molecule has 4 amide bonds. The van der Waals surface area contributed by atoms with Crippen molar-refractivity contribution >= 4 is 35.0 Å². The molecule has 0 aliphatic rings. The Kier molecular flexibility index (Phi) is 10.0. The van der Waals surface area contributed by atoms with Crippen LogP contribution < -0.4 is 21.5 Å². The summed E-state index contributed by atoms with van der Waals surface area (Å²) < 4.78 is 1.76. The van der Waals surface area contributed by atoms with Gasteiger partial charge in [-0.2, -0.15) is 5.10 Å². The van der Waals surface area contributed by atoms with Crippen LogP contribution in [0.2, 0.25) is 0 Å². The quantitative estimate of drug-likeness (QED) is 0.167. The third-order valence-electron chi connectivity index (χ3n) is 6.49. The van der Waals surface area contributed by atoms with Crippen molar-refractivity contribution in [3.05, 3.63) is 101 Å². The first-order valence-electron chi connectivity index (χ1n) is 13.3. The van der Waals surface area contributed by atoms with Crippen LogP contribution in [0.3, 0.4) is 0 Å². The minimum Gasteiger partial charge on any atom is -0.356 e. The Hall–Kier alpha value is -5.03. The second-order valence-electron chi connectivity index (χ2n) is 9.56. The van der Waals surface area contributed by atoms with Gasteiger partial charge in [-0.05, 0) is 71.3 Å². The molecule has 0 saturated heterocycles. The van der Waals surface area contributed by atoms with Crippen LogP contribution in [0.1, 0.15) is 40.9 Å². The van der Waals surface area contributed by atoms with Gasteiger partial charge in [-0.3, -0.25) is 34.7 Å². The summed E-state index contributed by atoms with van der Waals surface area (Å²) in [5.41, 5.74) is 9.70. The predicted molar refractivity (Wildman–Crippen MR) is 162 cm³/mol. The molecule has 2 heterocycles. The first-order valence-corrected chi connectivity index (χ1v) is 14.2. The number of benzene rings is 2. The molecular formula is C31H32N6O4S. The van der Waals surface area contributed by atoms with E-state index in [1.165, 1.54) is 7.05 Å². The molecule has 0 aliphatic heterocycles. The highest BCUT2D eigenvalue weighted by atomic mass is 32.1. The molecule has 0 saturated carbocycles. The maximum atomic E-state index is 13.4. The minimum atomic E-state index is -0.643. The number of hydrazine groups is 1. The van der Waals surface area contributed by atoms with Crippen LogP contribution in [0.5, 0.6) is 0 Å². The van der Waals surface area contributed by atoms with Gasteiger partial charge in [0.2, 0.25) is 11.8 Å². The van der Waals surface area contributed by atoms with E-state index >= 15 is 0 Å². The van der Waals surface area contributed by atoms with E-state index in [0.717, 1.165) is 39.3 Å².